The van der Waals surface area contributed by atoms with Gasteiger partial charge in [-0.05, 0) is 70.3 Å². The Balaban J connectivity index is 2.14. The molecule has 17 heavy (non-hydrogen) atoms. The molecule has 1 N–H and O–H groups in total. The van der Waals surface area contributed by atoms with Gasteiger partial charge in [-0.25, -0.2) is 4.98 Å². The Kier molecular flexibility index (Phi) is 4.82. The van der Waals surface area contributed by atoms with E-state index in [1.165, 1.54) is 19.3 Å². The molecular weight excluding hydrogens is 346 g/mol. The zero-order chi connectivity index (χ0) is 12.3. The zero-order valence-electron chi connectivity index (χ0n) is 9.92. The number of anilines is 1. The maximum atomic E-state index is 4.50. The Bertz CT molecular complexity index is 376. The molecule has 2 rings (SSSR count). The van der Waals surface area contributed by atoms with Crippen molar-refractivity contribution in [3.8, 4) is 0 Å². The van der Waals surface area contributed by atoms with Crippen LogP contribution in [0, 0.1) is 0 Å². The molecule has 0 aliphatic carbocycles. The highest BCUT2D eigenvalue weighted by Gasteiger charge is 2.19. The van der Waals surface area contributed by atoms with Crippen LogP contribution in [0.25, 0.3) is 0 Å². The molecule has 1 saturated heterocycles. The van der Waals surface area contributed by atoms with Crippen LogP contribution in [0.2, 0.25) is 0 Å². The second-order valence-corrected chi connectivity index (χ2v) is 6.17. The molecule has 1 aliphatic rings. The Morgan fingerprint density at radius 1 is 1.35 bits per heavy atom. The Morgan fingerprint density at radius 3 is 2.94 bits per heavy atom. The number of halogens is 2. The summed E-state index contributed by atoms with van der Waals surface area (Å²) in [6, 6.07) is 2.63. The Hall–Kier alpha value is -0.130. The number of aromatic nitrogens is 1. The van der Waals surface area contributed by atoms with Crippen LogP contribution in [0.1, 0.15) is 19.3 Å². The van der Waals surface area contributed by atoms with Gasteiger partial charge in [-0.15, -0.1) is 0 Å². The van der Waals surface area contributed by atoms with Gasteiger partial charge in [-0.2, -0.15) is 0 Å². The predicted molar refractivity (Wildman–Crippen MR) is 78.5 cm³/mol. The fourth-order valence-corrected chi connectivity index (χ4v) is 3.50. The van der Waals surface area contributed by atoms with Gasteiger partial charge in [-0.3, -0.25) is 0 Å². The second-order valence-electron chi connectivity index (χ2n) is 4.40. The van der Waals surface area contributed by atoms with Crippen LogP contribution in [0.15, 0.2) is 21.2 Å². The minimum absolute atomic E-state index is 0.579. The van der Waals surface area contributed by atoms with Gasteiger partial charge in [0.15, 0.2) is 0 Å². The monoisotopic (exact) mass is 361 g/mol. The smallest absolute Gasteiger partial charge is 0.142 e. The third-order valence-corrected chi connectivity index (χ3v) is 4.23. The number of hydrogen-bond donors (Lipinski definition) is 1. The molecule has 0 amide bonds. The van der Waals surface area contributed by atoms with E-state index in [1.807, 2.05) is 12.3 Å². The standard InChI is InChI=1S/C12H17Br2N3/c1-17(10-3-2-5-15-6-4-10)12-11(14)7-9(13)8-16-12/h7-8,10,15H,2-6H2,1H3. The van der Waals surface area contributed by atoms with E-state index in [-0.39, 0.29) is 0 Å². The lowest BCUT2D eigenvalue weighted by atomic mass is 10.1. The van der Waals surface area contributed by atoms with Gasteiger partial charge in [0, 0.05) is 23.8 Å². The molecule has 94 valence electrons. The molecule has 1 aromatic heterocycles. The zero-order valence-corrected chi connectivity index (χ0v) is 13.1. The highest BCUT2D eigenvalue weighted by atomic mass is 79.9. The van der Waals surface area contributed by atoms with E-state index >= 15 is 0 Å². The summed E-state index contributed by atoms with van der Waals surface area (Å²) in [6.45, 7) is 2.24. The number of hydrogen-bond acceptors (Lipinski definition) is 3. The quantitative estimate of drug-likeness (QED) is 0.875. The highest BCUT2D eigenvalue weighted by molar-refractivity contribution is 9.11. The van der Waals surface area contributed by atoms with E-state index in [0.717, 1.165) is 27.9 Å². The first-order valence-corrected chi connectivity index (χ1v) is 7.51. The molecule has 1 atom stereocenters. The summed E-state index contributed by atoms with van der Waals surface area (Å²) in [6.07, 6.45) is 5.50. The third-order valence-electron chi connectivity index (χ3n) is 3.22. The van der Waals surface area contributed by atoms with Crippen molar-refractivity contribution in [2.75, 3.05) is 25.0 Å². The molecule has 0 spiro atoms. The number of pyridine rings is 1. The summed E-state index contributed by atoms with van der Waals surface area (Å²) in [7, 11) is 2.14. The lowest BCUT2D eigenvalue weighted by molar-refractivity contribution is 0.562. The van der Waals surface area contributed by atoms with Crippen molar-refractivity contribution >= 4 is 37.7 Å². The molecule has 3 nitrogen and oxygen atoms in total. The van der Waals surface area contributed by atoms with Gasteiger partial charge < -0.3 is 10.2 Å². The molecule has 1 fully saturated rings. The third kappa shape index (κ3) is 3.42. The van der Waals surface area contributed by atoms with Crippen LogP contribution in [-0.4, -0.2) is 31.2 Å². The first-order chi connectivity index (χ1) is 8.18. The molecule has 1 aromatic rings. The predicted octanol–water partition coefficient (Wildman–Crippen LogP) is 3.18. The van der Waals surface area contributed by atoms with Crippen LogP contribution in [0.5, 0.6) is 0 Å². The van der Waals surface area contributed by atoms with Gasteiger partial charge >= 0.3 is 0 Å². The summed E-state index contributed by atoms with van der Waals surface area (Å²) >= 11 is 7.02. The van der Waals surface area contributed by atoms with E-state index in [9.17, 15) is 0 Å². The minimum Gasteiger partial charge on any atom is -0.356 e. The van der Waals surface area contributed by atoms with Crippen molar-refractivity contribution in [2.45, 2.75) is 25.3 Å². The minimum atomic E-state index is 0.579. The van der Waals surface area contributed by atoms with Crippen molar-refractivity contribution in [3.05, 3.63) is 21.2 Å². The summed E-state index contributed by atoms with van der Waals surface area (Å²) in [5.41, 5.74) is 0. The fraction of sp³-hybridized carbons (Fsp3) is 0.583. The van der Waals surface area contributed by atoms with E-state index in [4.69, 9.17) is 0 Å². The van der Waals surface area contributed by atoms with Crippen LogP contribution in [0.3, 0.4) is 0 Å². The van der Waals surface area contributed by atoms with Gasteiger partial charge in [0.25, 0.3) is 0 Å². The average Bonchev–Trinajstić information content (AvgIpc) is 2.56. The van der Waals surface area contributed by atoms with Crippen molar-refractivity contribution in [1.82, 2.24) is 10.3 Å². The van der Waals surface area contributed by atoms with E-state index in [1.54, 1.807) is 0 Å². The number of nitrogens with zero attached hydrogens (tertiary/aromatic N) is 2. The first-order valence-electron chi connectivity index (χ1n) is 5.93. The van der Waals surface area contributed by atoms with E-state index in [2.05, 4.69) is 54.1 Å². The van der Waals surface area contributed by atoms with Crippen molar-refractivity contribution in [3.63, 3.8) is 0 Å². The molecular formula is C12H17Br2N3. The summed E-state index contributed by atoms with van der Waals surface area (Å²) in [5.74, 6) is 1.03. The molecule has 2 heterocycles. The maximum Gasteiger partial charge on any atom is 0.142 e. The number of nitrogens with one attached hydrogen (secondary N) is 1. The van der Waals surface area contributed by atoms with Gasteiger partial charge in [0.2, 0.25) is 0 Å². The van der Waals surface area contributed by atoms with Gasteiger partial charge in [0.1, 0.15) is 5.82 Å². The summed E-state index contributed by atoms with van der Waals surface area (Å²) in [4.78, 5) is 6.79. The molecule has 5 heteroatoms. The molecule has 0 aromatic carbocycles. The largest absolute Gasteiger partial charge is 0.356 e. The van der Waals surface area contributed by atoms with Gasteiger partial charge in [0.05, 0.1) is 4.47 Å². The van der Waals surface area contributed by atoms with Crippen LogP contribution >= 0.6 is 31.9 Å². The first kappa shape index (κ1) is 13.3. The molecule has 1 unspecified atom stereocenters. The average molecular weight is 363 g/mol. The SMILES string of the molecule is CN(c1ncc(Br)cc1Br)C1CCCNCC1. The van der Waals surface area contributed by atoms with Gasteiger partial charge in [-0.1, -0.05) is 0 Å². The normalized spacial score (nSPS) is 21.0. The molecule has 0 bridgehead atoms. The second kappa shape index (κ2) is 6.16. The summed E-state index contributed by atoms with van der Waals surface area (Å²) < 4.78 is 2.05. The van der Waals surface area contributed by atoms with E-state index < -0.39 is 0 Å². The van der Waals surface area contributed by atoms with Crippen LogP contribution in [-0.2, 0) is 0 Å². The highest BCUT2D eigenvalue weighted by Crippen LogP contribution is 2.28. The lowest BCUT2D eigenvalue weighted by Crippen LogP contribution is -2.33. The topological polar surface area (TPSA) is 28.2 Å². The van der Waals surface area contributed by atoms with Crippen LogP contribution < -0.4 is 10.2 Å². The van der Waals surface area contributed by atoms with Crippen molar-refractivity contribution < 1.29 is 0 Å². The van der Waals surface area contributed by atoms with Crippen molar-refractivity contribution in [2.24, 2.45) is 0 Å². The lowest BCUT2D eigenvalue weighted by Gasteiger charge is -2.28. The molecule has 0 radical (unpaired) electrons. The Labute approximate surface area is 119 Å². The molecule has 1 aliphatic heterocycles. The van der Waals surface area contributed by atoms with Crippen molar-refractivity contribution in [1.29, 1.82) is 0 Å². The fourth-order valence-electron chi connectivity index (χ4n) is 2.23. The maximum absolute atomic E-state index is 4.50. The summed E-state index contributed by atoms with van der Waals surface area (Å²) in [5, 5.41) is 3.44. The molecule has 0 saturated carbocycles. The Morgan fingerprint density at radius 2 is 2.18 bits per heavy atom. The van der Waals surface area contributed by atoms with E-state index in [0.29, 0.717) is 6.04 Å². The number of rotatable bonds is 2. The van der Waals surface area contributed by atoms with Crippen LogP contribution in [0.4, 0.5) is 5.82 Å².